The van der Waals surface area contributed by atoms with Gasteiger partial charge in [0.25, 0.3) is 0 Å². The quantitative estimate of drug-likeness (QED) is 0.408. The summed E-state index contributed by atoms with van der Waals surface area (Å²) in [5.41, 5.74) is 1.58. The van der Waals surface area contributed by atoms with E-state index in [0.717, 1.165) is 11.1 Å². The fourth-order valence-corrected chi connectivity index (χ4v) is 3.48. The van der Waals surface area contributed by atoms with Gasteiger partial charge in [-0.1, -0.05) is 58.5 Å². The molecular weight excluding hydrogens is 437 g/mol. The molecule has 1 unspecified atom stereocenters. The molecule has 8 heteroatoms. The standard InChI is InChI=1S/C18H14Cl4N2O.ClH/c19-12-4-5-13(17(22)8-12)18(9-24-7-6-23-11-24)25-10-14-15(20)2-1-3-16(14)21;/h1-8,11,18H,9-10H2;1H. The first-order chi connectivity index (χ1) is 12.0. The Labute approximate surface area is 178 Å². The molecule has 3 aromatic rings. The van der Waals surface area contributed by atoms with Crippen LogP contribution in [0.25, 0.3) is 0 Å². The number of ether oxygens (including phenoxy) is 1. The minimum absolute atomic E-state index is 0. The molecule has 0 aliphatic heterocycles. The average molecular weight is 453 g/mol. The summed E-state index contributed by atoms with van der Waals surface area (Å²) in [6.07, 6.45) is 4.99. The number of imidazole rings is 1. The van der Waals surface area contributed by atoms with Crippen LogP contribution >= 0.6 is 58.8 Å². The van der Waals surface area contributed by atoms with Crippen molar-refractivity contribution in [2.75, 3.05) is 0 Å². The highest BCUT2D eigenvalue weighted by Gasteiger charge is 2.18. The van der Waals surface area contributed by atoms with E-state index in [4.69, 9.17) is 51.1 Å². The van der Waals surface area contributed by atoms with E-state index in [2.05, 4.69) is 4.98 Å². The molecule has 0 saturated heterocycles. The molecule has 0 amide bonds. The lowest BCUT2D eigenvalue weighted by Crippen LogP contribution is -2.13. The van der Waals surface area contributed by atoms with Crippen LogP contribution in [0.4, 0.5) is 0 Å². The number of benzene rings is 2. The highest BCUT2D eigenvalue weighted by Crippen LogP contribution is 2.32. The molecule has 26 heavy (non-hydrogen) atoms. The SMILES string of the molecule is Cl.Clc1ccc(C(Cn2ccnc2)OCc2c(Cl)cccc2Cl)c(Cl)c1. The number of hydrogen-bond acceptors (Lipinski definition) is 2. The molecule has 0 saturated carbocycles. The van der Waals surface area contributed by atoms with Crippen LogP contribution in [0.5, 0.6) is 0 Å². The number of halogens is 5. The molecule has 3 rings (SSSR count). The van der Waals surface area contributed by atoms with Crippen molar-refractivity contribution in [3.05, 3.63) is 86.3 Å². The first-order valence-corrected chi connectivity index (χ1v) is 9.01. The predicted octanol–water partition coefficient (Wildman–Crippen LogP) is 6.88. The third-order valence-corrected chi connectivity index (χ3v) is 5.01. The van der Waals surface area contributed by atoms with Gasteiger partial charge in [0.2, 0.25) is 0 Å². The van der Waals surface area contributed by atoms with Crippen LogP contribution in [-0.4, -0.2) is 9.55 Å². The second-order valence-corrected chi connectivity index (χ2v) is 7.08. The summed E-state index contributed by atoms with van der Waals surface area (Å²) in [6, 6.07) is 10.7. The summed E-state index contributed by atoms with van der Waals surface area (Å²) in [5, 5.41) is 2.25. The lowest BCUT2D eigenvalue weighted by Gasteiger charge is -2.21. The van der Waals surface area contributed by atoms with Gasteiger partial charge in [0, 0.05) is 43.6 Å². The molecular formula is C18H15Cl5N2O. The number of rotatable bonds is 6. The van der Waals surface area contributed by atoms with E-state index in [1.807, 2.05) is 16.8 Å². The summed E-state index contributed by atoms with van der Waals surface area (Å²) < 4.78 is 8.05. The van der Waals surface area contributed by atoms with Gasteiger partial charge in [0.1, 0.15) is 6.10 Å². The van der Waals surface area contributed by atoms with Gasteiger partial charge in [0.05, 0.1) is 19.5 Å². The average Bonchev–Trinajstić information content (AvgIpc) is 3.06. The Balaban J connectivity index is 0.00000243. The molecule has 1 aromatic heterocycles. The zero-order chi connectivity index (χ0) is 17.8. The first-order valence-electron chi connectivity index (χ1n) is 7.50. The molecule has 0 radical (unpaired) electrons. The summed E-state index contributed by atoms with van der Waals surface area (Å²) in [5.74, 6) is 0. The summed E-state index contributed by atoms with van der Waals surface area (Å²) in [6.45, 7) is 0.806. The van der Waals surface area contributed by atoms with Crippen molar-refractivity contribution in [3.8, 4) is 0 Å². The van der Waals surface area contributed by atoms with Crippen LogP contribution < -0.4 is 0 Å². The molecule has 3 nitrogen and oxygen atoms in total. The molecule has 0 bridgehead atoms. The van der Waals surface area contributed by atoms with E-state index in [-0.39, 0.29) is 25.1 Å². The van der Waals surface area contributed by atoms with Gasteiger partial charge in [-0.25, -0.2) is 4.98 Å². The van der Waals surface area contributed by atoms with Gasteiger partial charge in [-0.05, 0) is 24.3 Å². The van der Waals surface area contributed by atoms with Crippen LogP contribution in [0.2, 0.25) is 20.1 Å². The highest BCUT2D eigenvalue weighted by atomic mass is 35.5. The Hall–Kier alpha value is -0.940. The molecule has 1 atom stereocenters. The van der Waals surface area contributed by atoms with Crippen molar-refractivity contribution in [1.29, 1.82) is 0 Å². The topological polar surface area (TPSA) is 27.1 Å². The Morgan fingerprint density at radius 3 is 2.35 bits per heavy atom. The van der Waals surface area contributed by atoms with E-state index in [1.165, 1.54) is 0 Å². The second kappa shape index (κ2) is 9.84. The lowest BCUT2D eigenvalue weighted by molar-refractivity contribution is 0.0281. The van der Waals surface area contributed by atoms with Gasteiger partial charge >= 0.3 is 0 Å². The van der Waals surface area contributed by atoms with Crippen LogP contribution in [0.1, 0.15) is 17.2 Å². The molecule has 0 N–H and O–H groups in total. The van der Waals surface area contributed by atoms with Crippen molar-refractivity contribution < 1.29 is 4.74 Å². The lowest BCUT2D eigenvalue weighted by atomic mass is 10.1. The molecule has 0 aliphatic carbocycles. The monoisotopic (exact) mass is 450 g/mol. The van der Waals surface area contributed by atoms with Gasteiger partial charge in [0.15, 0.2) is 0 Å². The van der Waals surface area contributed by atoms with E-state index in [1.54, 1.807) is 42.9 Å². The largest absolute Gasteiger partial charge is 0.367 e. The summed E-state index contributed by atoms with van der Waals surface area (Å²) in [4.78, 5) is 4.06. The third kappa shape index (κ3) is 5.29. The minimum Gasteiger partial charge on any atom is -0.367 e. The Morgan fingerprint density at radius 1 is 1.00 bits per heavy atom. The van der Waals surface area contributed by atoms with Crippen molar-refractivity contribution in [3.63, 3.8) is 0 Å². The van der Waals surface area contributed by atoms with Crippen LogP contribution in [0.3, 0.4) is 0 Å². The maximum Gasteiger partial charge on any atom is 0.102 e. The van der Waals surface area contributed by atoms with Crippen molar-refractivity contribution in [2.24, 2.45) is 0 Å². The molecule has 0 aliphatic rings. The van der Waals surface area contributed by atoms with Gasteiger partial charge < -0.3 is 9.30 Å². The van der Waals surface area contributed by atoms with E-state index >= 15 is 0 Å². The van der Waals surface area contributed by atoms with E-state index in [9.17, 15) is 0 Å². The fourth-order valence-electron chi connectivity index (χ4n) is 2.44. The van der Waals surface area contributed by atoms with Crippen LogP contribution in [0.15, 0.2) is 55.1 Å². The molecule has 0 spiro atoms. The maximum absolute atomic E-state index is 6.37. The number of aromatic nitrogens is 2. The summed E-state index contributed by atoms with van der Waals surface area (Å²) >= 11 is 24.8. The number of hydrogen-bond donors (Lipinski definition) is 0. The maximum atomic E-state index is 6.37. The van der Waals surface area contributed by atoms with E-state index < -0.39 is 0 Å². The van der Waals surface area contributed by atoms with Gasteiger partial charge in [-0.3, -0.25) is 0 Å². The third-order valence-electron chi connectivity index (χ3n) is 3.74. The van der Waals surface area contributed by atoms with Crippen molar-refractivity contribution in [1.82, 2.24) is 9.55 Å². The number of nitrogens with zero attached hydrogens (tertiary/aromatic N) is 2. The summed E-state index contributed by atoms with van der Waals surface area (Å²) in [7, 11) is 0. The zero-order valence-corrected chi connectivity index (χ0v) is 17.3. The fraction of sp³-hybridized carbons (Fsp3) is 0.167. The van der Waals surface area contributed by atoms with Crippen molar-refractivity contribution >= 4 is 58.8 Å². The predicted molar refractivity (Wildman–Crippen MR) is 110 cm³/mol. The highest BCUT2D eigenvalue weighted by molar-refractivity contribution is 6.36. The van der Waals surface area contributed by atoms with Gasteiger partial charge in [-0.2, -0.15) is 0 Å². The van der Waals surface area contributed by atoms with Crippen LogP contribution in [-0.2, 0) is 17.9 Å². The molecule has 138 valence electrons. The molecule has 2 aromatic carbocycles. The van der Waals surface area contributed by atoms with Crippen molar-refractivity contribution in [2.45, 2.75) is 19.3 Å². The van der Waals surface area contributed by atoms with E-state index in [0.29, 0.717) is 26.6 Å². The first kappa shape index (κ1) is 21.4. The zero-order valence-electron chi connectivity index (χ0n) is 13.4. The van der Waals surface area contributed by atoms with Crippen LogP contribution in [0, 0.1) is 0 Å². The second-order valence-electron chi connectivity index (χ2n) is 5.43. The smallest absolute Gasteiger partial charge is 0.102 e. The van der Waals surface area contributed by atoms with Gasteiger partial charge in [-0.15, -0.1) is 12.4 Å². The normalized spacial score (nSPS) is 11.8. The molecule has 1 heterocycles. The Bertz CT molecular complexity index is 835. The Morgan fingerprint density at radius 2 is 1.73 bits per heavy atom. The minimum atomic E-state index is -0.314. The Kier molecular flexibility index (Phi) is 8.08. The molecule has 0 fully saturated rings.